The third kappa shape index (κ3) is 3.78. The van der Waals surface area contributed by atoms with Crippen LogP contribution < -0.4 is 0 Å². The van der Waals surface area contributed by atoms with E-state index in [0.717, 1.165) is 51.0 Å². The molecule has 2 rings (SSSR count). The van der Waals surface area contributed by atoms with Gasteiger partial charge < -0.3 is 9.30 Å². The lowest BCUT2D eigenvalue weighted by Crippen LogP contribution is -2.23. The van der Waals surface area contributed by atoms with E-state index in [1.807, 2.05) is 6.33 Å². The van der Waals surface area contributed by atoms with Gasteiger partial charge in [0, 0.05) is 19.8 Å². The molecule has 5 nitrogen and oxygen atoms in total. The third-order valence-electron chi connectivity index (χ3n) is 3.51. The van der Waals surface area contributed by atoms with Crippen LogP contribution in [-0.2, 0) is 17.8 Å². The van der Waals surface area contributed by atoms with Crippen molar-refractivity contribution in [1.82, 2.24) is 19.7 Å². The lowest BCUT2D eigenvalue weighted by molar-refractivity contribution is 0.179. The molecule has 0 saturated carbocycles. The Morgan fingerprint density at radius 2 is 2.44 bits per heavy atom. The maximum absolute atomic E-state index is 5.40. The Hall–Kier alpha value is -0.940. The lowest BCUT2D eigenvalue weighted by atomic mass is 10.1. The topological polar surface area (TPSA) is 43.2 Å². The maximum atomic E-state index is 5.40. The van der Waals surface area contributed by atoms with Gasteiger partial charge >= 0.3 is 0 Å². The Bertz CT molecular complexity index is 347. The molecule has 0 spiro atoms. The van der Waals surface area contributed by atoms with Crippen LogP contribution in [0.5, 0.6) is 0 Å². The fourth-order valence-electron chi connectivity index (χ4n) is 2.36. The summed E-state index contributed by atoms with van der Waals surface area (Å²) in [4.78, 5) is 2.33. The van der Waals surface area contributed by atoms with Gasteiger partial charge in [-0.3, -0.25) is 4.90 Å². The molecule has 5 heteroatoms. The molecule has 0 bridgehead atoms. The average molecular weight is 252 g/mol. The van der Waals surface area contributed by atoms with Crippen molar-refractivity contribution in [3.05, 3.63) is 12.2 Å². The number of hydrogen-bond donors (Lipinski definition) is 0. The normalized spacial score (nSPS) is 19.8. The molecule has 102 valence electrons. The first-order valence-electron chi connectivity index (χ1n) is 6.92. The van der Waals surface area contributed by atoms with Gasteiger partial charge in [0.2, 0.25) is 0 Å². The predicted octanol–water partition coefficient (Wildman–Crippen LogP) is 1.55. The van der Waals surface area contributed by atoms with Gasteiger partial charge in [-0.25, -0.2) is 0 Å². The first-order valence-corrected chi connectivity index (χ1v) is 6.92. The van der Waals surface area contributed by atoms with E-state index in [4.69, 9.17) is 4.74 Å². The fraction of sp³-hybridized carbons (Fsp3) is 0.846. The van der Waals surface area contributed by atoms with Crippen molar-refractivity contribution in [3.63, 3.8) is 0 Å². The SMILES string of the molecule is CCCn1cnnc1CN(C)CCC1CCOC1. The highest BCUT2D eigenvalue weighted by Gasteiger charge is 2.16. The van der Waals surface area contributed by atoms with Gasteiger partial charge in [-0.2, -0.15) is 0 Å². The first kappa shape index (κ1) is 13.5. The van der Waals surface area contributed by atoms with Crippen molar-refractivity contribution in [3.8, 4) is 0 Å². The predicted molar refractivity (Wildman–Crippen MR) is 70.2 cm³/mol. The summed E-state index contributed by atoms with van der Waals surface area (Å²) in [5.41, 5.74) is 0. The van der Waals surface area contributed by atoms with Gasteiger partial charge in [-0.05, 0) is 38.8 Å². The zero-order valence-corrected chi connectivity index (χ0v) is 11.5. The Morgan fingerprint density at radius 3 is 3.17 bits per heavy atom. The third-order valence-corrected chi connectivity index (χ3v) is 3.51. The Morgan fingerprint density at radius 1 is 1.56 bits per heavy atom. The maximum Gasteiger partial charge on any atom is 0.146 e. The van der Waals surface area contributed by atoms with Crippen LogP contribution in [0.4, 0.5) is 0 Å². The highest BCUT2D eigenvalue weighted by Crippen LogP contribution is 2.16. The minimum Gasteiger partial charge on any atom is -0.381 e. The minimum atomic E-state index is 0.751. The van der Waals surface area contributed by atoms with E-state index in [-0.39, 0.29) is 0 Å². The summed E-state index contributed by atoms with van der Waals surface area (Å²) < 4.78 is 7.55. The Labute approximate surface area is 109 Å². The van der Waals surface area contributed by atoms with Crippen molar-refractivity contribution in [2.24, 2.45) is 5.92 Å². The van der Waals surface area contributed by atoms with Crippen LogP contribution in [0.1, 0.15) is 32.0 Å². The van der Waals surface area contributed by atoms with Crippen molar-refractivity contribution in [2.75, 3.05) is 26.8 Å². The lowest BCUT2D eigenvalue weighted by Gasteiger charge is -2.18. The molecule has 0 N–H and O–H groups in total. The molecule has 1 saturated heterocycles. The summed E-state index contributed by atoms with van der Waals surface area (Å²) in [7, 11) is 2.15. The molecule has 1 fully saturated rings. The molecule has 1 aromatic heterocycles. The van der Waals surface area contributed by atoms with E-state index in [1.165, 1.54) is 12.8 Å². The summed E-state index contributed by atoms with van der Waals surface area (Å²) in [6.07, 6.45) is 5.39. The van der Waals surface area contributed by atoms with E-state index in [2.05, 4.69) is 33.6 Å². The highest BCUT2D eigenvalue weighted by atomic mass is 16.5. The average Bonchev–Trinajstić information content (AvgIpc) is 2.99. The second-order valence-electron chi connectivity index (χ2n) is 5.20. The molecule has 0 aromatic carbocycles. The van der Waals surface area contributed by atoms with E-state index in [1.54, 1.807) is 0 Å². The van der Waals surface area contributed by atoms with Crippen molar-refractivity contribution in [1.29, 1.82) is 0 Å². The highest BCUT2D eigenvalue weighted by molar-refractivity contribution is 4.85. The smallest absolute Gasteiger partial charge is 0.146 e. The van der Waals surface area contributed by atoms with E-state index >= 15 is 0 Å². The molecular weight excluding hydrogens is 228 g/mol. The first-order chi connectivity index (χ1) is 8.79. The van der Waals surface area contributed by atoms with Crippen LogP contribution in [0.25, 0.3) is 0 Å². The van der Waals surface area contributed by atoms with E-state index in [9.17, 15) is 0 Å². The molecule has 0 amide bonds. The summed E-state index contributed by atoms with van der Waals surface area (Å²) >= 11 is 0. The van der Waals surface area contributed by atoms with Gasteiger partial charge in [0.05, 0.1) is 6.54 Å². The zero-order chi connectivity index (χ0) is 12.8. The van der Waals surface area contributed by atoms with Gasteiger partial charge in [-0.15, -0.1) is 10.2 Å². The molecule has 0 radical (unpaired) electrons. The molecule has 1 atom stereocenters. The molecule has 0 aliphatic carbocycles. The van der Waals surface area contributed by atoms with Crippen LogP contribution in [0.3, 0.4) is 0 Å². The molecule has 18 heavy (non-hydrogen) atoms. The second kappa shape index (κ2) is 6.85. The quantitative estimate of drug-likeness (QED) is 0.738. The van der Waals surface area contributed by atoms with Gasteiger partial charge in [0.1, 0.15) is 12.2 Å². The van der Waals surface area contributed by atoms with Crippen LogP contribution in [0.15, 0.2) is 6.33 Å². The molecule has 2 heterocycles. The van der Waals surface area contributed by atoms with E-state index in [0.29, 0.717) is 0 Å². The largest absolute Gasteiger partial charge is 0.381 e. The Balaban J connectivity index is 1.75. The summed E-state index contributed by atoms with van der Waals surface area (Å²) in [6, 6.07) is 0. The molecule has 1 aliphatic heterocycles. The fourth-order valence-corrected chi connectivity index (χ4v) is 2.36. The van der Waals surface area contributed by atoms with Gasteiger partial charge in [0.15, 0.2) is 0 Å². The standard InChI is InChI=1S/C13H24N4O/c1-3-6-17-11-14-15-13(17)9-16(2)7-4-12-5-8-18-10-12/h11-12H,3-10H2,1-2H3. The number of hydrogen-bond acceptors (Lipinski definition) is 4. The monoisotopic (exact) mass is 252 g/mol. The minimum absolute atomic E-state index is 0.751. The van der Waals surface area contributed by atoms with Crippen LogP contribution in [0.2, 0.25) is 0 Å². The summed E-state index contributed by atoms with van der Waals surface area (Å²) in [6.45, 7) is 7.06. The van der Waals surface area contributed by atoms with Crippen molar-refractivity contribution in [2.45, 2.75) is 39.3 Å². The van der Waals surface area contributed by atoms with Crippen LogP contribution in [-0.4, -0.2) is 46.5 Å². The number of aryl methyl sites for hydroxylation is 1. The number of aromatic nitrogens is 3. The van der Waals surface area contributed by atoms with Crippen LogP contribution >= 0.6 is 0 Å². The number of ether oxygens (including phenoxy) is 1. The molecule has 1 aliphatic rings. The number of rotatable bonds is 7. The van der Waals surface area contributed by atoms with Crippen molar-refractivity contribution >= 4 is 0 Å². The van der Waals surface area contributed by atoms with Crippen LogP contribution in [0, 0.1) is 5.92 Å². The summed E-state index contributed by atoms with van der Waals surface area (Å²) in [5, 5.41) is 8.20. The van der Waals surface area contributed by atoms with Gasteiger partial charge in [0.25, 0.3) is 0 Å². The Kier molecular flexibility index (Phi) is 5.13. The zero-order valence-electron chi connectivity index (χ0n) is 11.5. The second-order valence-corrected chi connectivity index (χ2v) is 5.20. The van der Waals surface area contributed by atoms with E-state index < -0.39 is 0 Å². The molecule has 1 unspecified atom stereocenters. The molecular formula is C13H24N4O. The molecule has 1 aromatic rings. The summed E-state index contributed by atoms with van der Waals surface area (Å²) in [5.74, 6) is 1.82. The van der Waals surface area contributed by atoms with Gasteiger partial charge in [-0.1, -0.05) is 6.92 Å². The van der Waals surface area contributed by atoms with Crippen molar-refractivity contribution < 1.29 is 4.74 Å². The number of nitrogens with zero attached hydrogens (tertiary/aromatic N) is 4.